The maximum atomic E-state index is 12.7. The first-order chi connectivity index (χ1) is 13.2. The van der Waals surface area contributed by atoms with Crippen molar-refractivity contribution in [1.29, 1.82) is 0 Å². The third-order valence-corrected chi connectivity index (χ3v) is 7.22. The van der Waals surface area contributed by atoms with Crippen LogP contribution in [0.2, 0.25) is 0 Å². The molecule has 1 aliphatic heterocycles. The third kappa shape index (κ3) is 4.45. The summed E-state index contributed by atoms with van der Waals surface area (Å²) in [4.78, 5) is 12.4. The number of β-amino-alcohol motifs (C(OH)–C–C–N with tert-alkyl or cyclic N) is 1. The lowest BCUT2D eigenvalue weighted by Crippen LogP contribution is -2.37. The molecule has 156 valence electrons. The van der Waals surface area contributed by atoms with Crippen LogP contribution in [0.15, 0.2) is 23.1 Å². The summed E-state index contributed by atoms with van der Waals surface area (Å²) in [5, 5.41) is 30.9. The van der Waals surface area contributed by atoms with Gasteiger partial charge in [0, 0.05) is 18.7 Å². The molecule has 1 aromatic rings. The van der Waals surface area contributed by atoms with E-state index in [0.717, 1.165) is 31.7 Å². The van der Waals surface area contributed by atoms with Crippen LogP contribution in [0.1, 0.15) is 39.0 Å². The molecular weight excluding hydrogens is 386 g/mol. The molecule has 2 fully saturated rings. The largest absolute Gasteiger partial charge is 0.394 e. The Morgan fingerprint density at radius 1 is 1.29 bits per heavy atom. The molecular formula is C18H27N3O6S. The molecule has 28 heavy (non-hydrogen) atoms. The molecule has 1 aromatic carbocycles. The first kappa shape index (κ1) is 21.0. The summed E-state index contributed by atoms with van der Waals surface area (Å²) in [6.07, 6.45) is 3.01. The van der Waals surface area contributed by atoms with Gasteiger partial charge in [-0.05, 0) is 50.2 Å². The molecule has 0 unspecified atom stereocenters. The molecule has 0 amide bonds. The molecule has 0 radical (unpaired) electrons. The fraction of sp³-hybridized carbons (Fsp3) is 0.667. The first-order valence-electron chi connectivity index (χ1n) is 9.57. The van der Waals surface area contributed by atoms with E-state index in [1.807, 2.05) is 0 Å². The SMILES string of the molecule is CC1CCC(NS(=O)(=O)c2ccc(N3C[C@H](O)C[C@H]3CO)c([N+](=O)[O-])c2)CC1. The van der Waals surface area contributed by atoms with Crippen molar-refractivity contribution in [2.24, 2.45) is 5.92 Å². The molecule has 1 heterocycles. The Morgan fingerprint density at radius 3 is 2.57 bits per heavy atom. The van der Waals surface area contributed by atoms with Crippen molar-refractivity contribution in [2.45, 2.75) is 62.1 Å². The standard InChI is InChI=1S/C18H27N3O6S/c1-12-2-4-13(5-3-12)19-28(26,27)16-6-7-17(18(9-16)21(24)25)20-10-15(23)8-14(20)11-22/h6-7,9,12-15,19,22-23H,2-5,8,10-11H2,1H3/t12?,13?,14-,15+/m0/s1. The number of benzene rings is 1. The molecule has 3 rings (SSSR count). The smallest absolute Gasteiger partial charge is 0.293 e. The Hall–Kier alpha value is -1.75. The van der Waals surface area contributed by atoms with Crippen molar-refractivity contribution in [3.63, 3.8) is 0 Å². The van der Waals surface area contributed by atoms with Crippen molar-refractivity contribution in [2.75, 3.05) is 18.1 Å². The highest BCUT2D eigenvalue weighted by atomic mass is 32.2. The van der Waals surface area contributed by atoms with Crippen LogP contribution >= 0.6 is 0 Å². The van der Waals surface area contributed by atoms with Crippen LogP contribution in [0.4, 0.5) is 11.4 Å². The molecule has 0 spiro atoms. The highest BCUT2D eigenvalue weighted by Crippen LogP contribution is 2.35. The lowest BCUT2D eigenvalue weighted by molar-refractivity contribution is -0.384. The number of hydrogen-bond acceptors (Lipinski definition) is 7. The number of anilines is 1. The maximum absolute atomic E-state index is 12.7. The summed E-state index contributed by atoms with van der Waals surface area (Å²) < 4.78 is 28.1. The predicted octanol–water partition coefficient (Wildman–Crippen LogP) is 1.38. The summed E-state index contributed by atoms with van der Waals surface area (Å²) in [6.45, 7) is 2.04. The number of nitrogens with one attached hydrogen (secondary N) is 1. The van der Waals surface area contributed by atoms with Crippen molar-refractivity contribution < 1.29 is 23.6 Å². The van der Waals surface area contributed by atoms with E-state index in [-0.39, 0.29) is 35.5 Å². The van der Waals surface area contributed by atoms with E-state index in [9.17, 15) is 28.7 Å². The predicted molar refractivity (Wildman–Crippen MR) is 104 cm³/mol. The minimum atomic E-state index is -3.88. The van der Waals surface area contributed by atoms with Crippen molar-refractivity contribution >= 4 is 21.4 Å². The van der Waals surface area contributed by atoms with E-state index in [1.165, 1.54) is 12.1 Å². The van der Waals surface area contributed by atoms with E-state index in [2.05, 4.69) is 11.6 Å². The second kappa shape index (κ2) is 8.32. The van der Waals surface area contributed by atoms with E-state index >= 15 is 0 Å². The number of nitro groups is 1. The van der Waals surface area contributed by atoms with Gasteiger partial charge < -0.3 is 15.1 Å². The zero-order chi connectivity index (χ0) is 20.5. The zero-order valence-electron chi connectivity index (χ0n) is 15.8. The first-order valence-corrected chi connectivity index (χ1v) is 11.1. The van der Waals surface area contributed by atoms with E-state index in [1.54, 1.807) is 4.90 Å². The van der Waals surface area contributed by atoms with Gasteiger partial charge in [0.25, 0.3) is 5.69 Å². The minimum absolute atomic E-state index is 0.149. The molecule has 2 aliphatic rings. The Morgan fingerprint density at radius 2 is 1.96 bits per heavy atom. The van der Waals surface area contributed by atoms with Crippen LogP contribution in [0, 0.1) is 16.0 Å². The van der Waals surface area contributed by atoms with Gasteiger partial charge in [0.2, 0.25) is 10.0 Å². The van der Waals surface area contributed by atoms with Crippen LogP contribution < -0.4 is 9.62 Å². The van der Waals surface area contributed by atoms with Gasteiger partial charge in [-0.3, -0.25) is 10.1 Å². The van der Waals surface area contributed by atoms with Gasteiger partial charge in [0.15, 0.2) is 0 Å². The fourth-order valence-corrected chi connectivity index (χ4v) is 5.41. The van der Waals surface area contributed by atoms with Gasteiger partial charge in [-0.2, -0.15) is 0 Å². The summed E-state index contributed by atoms with van der Waals surface area (Å²) in [7, 11) is -3.88. The van der Waals surface area contributed by atoms with Crippen LogP contribution in [0.25, 0.3) is 0 Å². The van der Waals surface area contributed by atoms with Gasteiger partial charge >= 0.3 is 0 Å². The van der Waals surface area contributed by atoms with Crippen LogP contribution in [-0.2, 0) is 10.0 Å². The fourth-order valence-electron chi connectivity index (χ4n) is 4.08. The van der Waals surface area contributed by atoms with Crippen molar-refractivity contribution in [1.82, 2.24) is 4.72 Å². The maximum Gasteiger partial charge on any atom is 0.293 e. The molecule has 1 saturated heterocycles. The number of hydrogen-bond donors (Lipinski definition) is 3. The number of nitro benzene ring substituents is 1. The molecule has 1 aliphatic carbocycles. The Kier molecular flexibility index (Phi) is 6.23. The zero-order valence-corrected chi connectivity index (χ0v) is 16.6. The van der Waals surface area contributed by atoms with Crippen LogP contribution in [0.5, 0.6) is 0 Å². The normalized spacial score (nSPS) is 28.5. The number of sulfonamides is 1. The molecule has 2 atom stereocenters. The monoisotopic (exact) mass is 413 g/mol. The summed E-state index contributed by atoms with van der Waals surface area (Å²) in [5.74, 6) is 0.580. The molecule has 3 N–H and O–H groups in total. The lowest BCUT2D eigenvalue weighted by Gasteiger charge is -2.27. The third-order valence-electron chi connectivity index (χ3n) is 5.70. The van der Waals surface area contributed by atoms with Gasteiger partial charge in [0.05, 0.1) is 28.6 Å². The van der Waals surface area contributed by atoms with Gasteiger partial charge in [-0.15, -0.1) is 0 Å². The second-order valence-corrected chi connectivity index (χ2v) is 9.58. The summed E-state index contributed by atoms with van der Waals surface area (Å²) in [5.41, 5.74) is -0.154. The number of rotatable bonds is 6. The van der Waals surface area contributed by atoms with E-state index in [0.29, 0.717) is 12.3 Å². The molecule has 10 heteroatoms. The lowest BCUT2D eigenvalue weighted by atomic mass is 9.88. The molecule has 0 aromatic heterocycles. The Labute approximate surface area is 164 Å². The molecule has 9 nitrogen and oxygen atoms in total. The second-order valence-electron chi connectivity index (χ2n) is 7.86. The topological polar surface area (TPSA) is 133 Å². The van der Waals surface area contributed by atoms with Crippen LogP contribution in [0.3, 0.4) is 0 Å². The van der Waals surface area contributed by atoms with E-state index in [4.69, 9.17) is 0 Å². The van der Waals surface area contributed by atoms with Gasteiger partial charge in [-0.25, -0.2) is 13.1 Å². The highest BCUT2D eigenvalue weighted by molar-refractivity contribution is 7.89. The number of aliphatic hydroxyl groups is 2. The molecule has 0 bridgehead atoms. The Bertz CT molecular complexity index is 823. The highest BCUT2D eigenvalue weighted by Gasteiger charge is 2.35. The van der Waals surface area contributed by atoms with Crippen molar-refractivity contribution in [3.05, 3.63) is 28.3 Å². The summed E-state index contributed by atoms with van der Waals surface area (Å²) in [6, 6.07) is 3.18. The number of aliphatic hydroxyl groups excluding tert-OH is 2. The molecule has 1 saturated carbocycles. The Balaban J connectivity index is 1.87. The minimum Gasteiger partial charge on any atom is -0.394 e. The summed E-state index contributed by atoms with van der Waals surface area (Å²) >= 11 is 0. The van der Waals surface area contributed by atoms with E-state index < -0.39 is 27.1 Å². The number of nitrogens with zero attached hydrogens (tertiary/aromatic N) is 2. The average molecular weight is 413 g/mol. The van der Waals surface area contributed by atoms with Crippen molar-refractivity contribution in [3.8, 4) is 0 Å². The van der Waals surface area contributed by atoms with Gasteiger partial charge in [0.1, 0.15) is 5.69 Å². The average Bonchev–Trinajstić information content (AvgIpc) is 3.03. The van der Waals surface area contributed by atoms with Gasteiger partial charge in [-0.1, -0.05) is 6.92 Å². The van der Waals surface area contributed by atoms with Crippen LogP contribution in [-0.4, -0.2) is 54.9 Å². The quantitative estimate of drug-likeness (QED) is 0.474.